The summed E-state index contributed by atoms with van der Waals surface area (Å²) in [6.07, 6.45) is 11.8. The third-order valence-electron chi connectivity index (χ3n) is 4.15. The standard InChI is InChI=1S/C13H25NO/c15-13-9-3-8-12(13)14-10-4-7-11-5-1-2-6-11/h11-15H,1-10H2/t12-,13-/m0/s1. The second kappa shape index (κ2) is 5.86. The van der Waals surface area contributed by atoms with Crippen LogP contribution in [0.25, 0.3) is 0 Å². The number of nitrogens with one attached hydrogen (secondary N) is 1. The van der Waals surface area contributed by atoms with Gasteiger partial charge in [-0.05, 0) is 44.6 Å². The van der Waals surface area contributed by atoms with E-state index >= 15 is 0 Å². The molecule has 2 fully saturated rings. The molecule has 0 aromatic heterocycles. The van der Waals surface area contributed by atoms with Crippen LogP contribution in [0, 0.1) is 5.92 Å². The molecule has 2 aliphatic rings. The van der Waals surface area contributed by atoms with Crippen LogP contribution in [0.5, 0.6) is 0 Å². The number of aliphatic hydroxyl groups is 1. The van der Waals surface area contributed by atoms with Crippen molar-refractivity contribution in [1.82, 2.24) is 5.32 Å². The summed E-state index contributed by atoms with van der Waals surface area (Å²) in [5.74, 6) is 1.01. The van der Waals surface area contributed by atoms with Gasteiger partial charge in [-0.1, -0.05) is 25.7 Å². The number of hydrogen-bond donors (Lipinski definition) is 2. The van der Waals surface area contributed by atoms with E-state index in [1.165, 1.54) is 51.4 Å². The van der Waals surface area contributed by atoms with Gasteiger partial charge in [-0.2, -0.15) is 0 Å². The number of aliphatic hydroxyl groups excluding tert-OH is 1. The molecule has 0 radical (unpaired) electrons. The predicted octanol–water partition coefficient (Wildman–Crippen LogP) is 2.46. The number of rotatable bonds is 5. The first kappa shape index (κ1) is 11.4. The molecule has 2 heteroatoms. The molecular weight excluding hydrogens is 186 g/mol. The molecule has 0 spiro atoms. The van der Waals surface area contributed by atoms with Gasteiger partial charge >= 0.3 is 0 Å². The predicted molar refractivity (Wildman–Crippen MR) is 62.8 cm³/mol. The minimum Gasteiger partial charge on any atom is -0.392 e. The summed E-state index contributed by atoms with van der Waals surface area (Å²) in [6.45, 7) is 1.11. The van der Waals surface area contributed by atoms with Crippen molar-refractivity contribution in [2.45, 2.75) is 69.9 Å². The molecule has 88 valence electrons. The molecule has 2 N–H and O–H groups in total. The van der Waals surface area contributed by atoms with Crippen LogP contribution in [0.3, 0.4) is 0 Å². The van der Waals surface area contributed by atoms with Gasteiger partial charge in [0.25, 0.3) is 0 Å². The topological polar surface area (TPSA) is 32.3 Å². The highest BCUT2D eigenvalue weighted by molar-refractivity contribution is 4.82. The lowest BCUT2D eigenvalue weighted by atomic mass is 10.0. The molecule has 2 nitrogen and oxygen atoms in total. The maximum atomic E-state index is 9.64. The van der Waals surface area contributed by atoms with Gasteiger partial charge in [-0.15, -0.1) is 0 Å². The van der Waals surface area contributed by atoms with Gasteiger partial charge in [0.15, 0.2) is 0 Å². The zero-order valence-electron chi connectivity index (χ0n) is 9.75. The van der Waals surface area contributed by atoms with E-state index in [0.717, 1.165) is 18.9 Å². The van der Waals surface area contributed by atoms with Crippen LogP contribution in [-0.4, -0.2) is 23.8 Å². The fourth-order valence-corrected chi connectivity index (χ4v) is 3.16. The van der Waals surface area contributed by atoms with Crippen LogP contribution in [0.4, 0.5) is 0 Å². The van der Waals surface area contributed by atoms with Gasteiger partial charge in [-0.25, -0.2) is 0 Å². The van der Waals surface area contributed by atoms with E-state index in [2.05, 4.69) is 5.32 Å². The van der Waals surface area contributed by atoms with Crippen molar-refractivity contribution in [1.29, 1.82) is 0 Å². The van der Waals surface area contributed by atoms with Crippen LogP contribution in [-0.2, 0) is 0 Å². The van der Waals surface area contributed by atoms with E-state index in [1.54, 1.807) is 0 Å². The first-order valence-corrected chi connectivity index (χ1v) is 6.78. The fraction of sp³-hybridized carbons (Fsp3) is 1.00. The van der Waals surface area contributed by atoms with Crippen LogP contribution < -0.4 is 5.32 Å². The third kappa shape index (κ3) is 3.46. The Labute approximate surface area is 93.5 Å². The van der Waals surface area contributed by atoms with E-state index in [-0.39, 0.29) is 6.10 Å². The van der Waals surface area contributed by atoms with Crippen molar-refractivity contribution in [3.8, 4) is 0 Å². The van der Waals surface area contributed by atoms with Gasteiger partial charge in [0, 0.05) is 6.04 Å². The summed E-state index contributed by atoms with van der Waals surface area (Å²) in [6, 6.07) is 0.397. The van der Waals surface area contributed by atoms with E-state index in [4.69, 9.17) is 0 Å². The fourth-order valence-electron chi connectivity index (χ4n) is 3.16. The quantitative estimate of drug-likeness (QED) is 0.685. The Balaban J connectivity index is 1.51. The lowest BCUT2D eigenvalue weighted by molar-refractivity contribution is 0.149. The average Bonchev–Trinajstić information content (AvgIpc) is 2.85. The van der Waals surface area contributed by atoms with E-state index in [9.17, 15) is 5.11 Å². The van der Waals surface area contributed by atoms with Crippen LogP contribution in [0.15, 0.2) is 0 Å². The molecule has 0 aromatic rings. The Kier molecular flexibility index (Phi) is 4.45. The average molecular weight is 211 g/mol. The largest absolute Gasteiger partial charge is 0.392 e. The van der Waals surface area contributed by atoms with E-state index in [1.807, 2.05) is 0 Å². The lowest BCUT2D eigenvalue weighted by Crippen LogP contribution is -2.36. The SMILES string of the molecule is O[C@H]1CCC[C@@H]1NCCCC1CCCC1. The summed E-state index contributed by atoms with van der Waals surface area (Å²) in [5, 5.41) is 13.1. The molecule has 0 aliphatic heterocycles. The minimum absolute atomic E-state index is 0.0727. The molecule has 2 rings (SSSR count). The van der Waals surface area contributed by atoms with E-state index in [0.29, 0.717) is 6.04 Å². The normalized spacial score (nSPS) is 32.6. The van der Waals surface area contributed by atoms with Crippen molar-refractivity contribution in [3.05, 3.63) is 0 Å². The zero-order valence-corrected chi connectivity index (χ0v) is 9.75. The molecule has 0 saturated heterocycles. The summed E-state index contributed by atoms with van der Waals surface area (Å²) in [7, 11) is 0. The molecule has 0 bridgehead atoms. The van der Waals surface area contributed by atoms with Crippen molar-refractivity contribution >= 4 is 0 Å². The van der Waals surface area contributed by atoms with Gasteiger partial charge in [-0.3, -0.25) is 0 Å². The first-order valence-electron chi connectivity index (χ1n) is 6.78. The van der Waals surface area contributed by atoms with Gasteiger partial charge in [0.05, 0.1) is 6.10 Å². The maximum Gasteiger partial charge on any atom is 0.0693 e. The smallest absolute Gasteiger partial charge is 0.0693 e. The first-order chi connectivity index (χ1) is 7.36. The molecule has 0 amide bonds. The minimum atomic E-state index is -0.0727. The monoisotopic (exact) mass is 211 g/mol. The van der Waals surface area contributed by atoms with Crippen molar-refractivity contribution < 1.29 is 5.11 Å². The molecule has 0 unspecified atom stereocenters. The Morgan fingerprint density at radius 1 is 1.00 bits per heavy atom. The summed E-state index contributed by atoms with van der Waals surface area (Å²) >= 11 is 0. The third-order valence-corrected chi connectivity index (χ3v) is 4.15. The molecule has 15 heavy (non-hydrogen) atoms. The Bertz CT molecular complexity index is 177. The highest BCUT2D eigenvalue weighted by atomic mass is 16.3. The molecular formula is C13H25NO. The van der Waals surface area contributed by atoms with Crippen LogP contribution in [0.2, 0.25) is 0 Å². The molecule has 2 aliphatic carbocycles. The lowest BCUT2D eigenvalue weighted by Gasteiger charge is -2.17. The Morgan fingerprint density at radius 2 is 1.80 bits per heavy atom. The molecule has 0 heterocycles. The zero-order chi connectivity index (χ0) is 10.5. The van der Waals surface area contributed by atoms with Crippen LogP contribution >= 0.6 is 0 Å². The summed E-state index contributed by atoms with van der Waals surface area (Å²) < 4.78 is 0. The maximum absolute atomic E-state index is 9.64. The van der Waals surface area contributed by atoms with Gasteiger partial charge in [0.1, 0.15) is 0 Å². The van der Waals surface area contributed by atoms with Gasteiger partial charge < -0.3 is 10.4 Å². The van der Waals surface area contributed by atoms with E-state index < -0.39 is 0 Å². The molecule has 2 saturated carbocycles. The second-order valence-electron chi connectivity index (χ2n) is 5.35. The Morgan fingerprint density at radius 3 is 2.47 bits per heavy atom. The highest BCUT2D eigenvalue weighted by Crippen LogP contribution is 2.28. The van der Waals surface area contributed by atoms with Crippen molar-refractivity contribution in [2.24, 2.45) is 5.92 Å². The summed E-state index contributed by atoms with van der Waals surface area (Å²) in [4.78, 5) is 0. The highest BCUT2D eigenvalue weighted by Gasteiger charge is 2.24. The van der Waals surface area contributed by atoms with Crippen molar-refractivity contribution in [2.75, 3.05) is 6.54 Å². The van der Waals surface area contributed by atoms with Crippen molar-refractivity contribution in [3.63, 3.8) is 0 Å². The van der Waals surface area contributed by atoms with Crippen LogP contribution in [0.1, 0.15) is 57.8 Å². The van der Waals surface area contributed by atoms with Gasteiger partial charge in [0.2, 0.25) is 0 Å². The second-order valence-corrected chi connectivity index (χ2v) is 5.35. The number of hydrogen-bond acceptors (Lipinski definition) is 2. The summed E-state index contributed by atoms with van der Waals surface area (Å²) in [5.41, 5.74) is 0. The molecule has 2 atom stereocenters. The Hall–Kier alpha value is -0.0800. The molecule has 0 aromatic carbocycles.